The van der Waals surface area contributed by atoms with E-state index in [9.17, 15) is 0 Å². The van der Waals surface area contributed by atoms with Crippen LogP contribution in [0.25, 0.3) is 71.7 Å². The zero-order valence-corrected chi connectivity index (χ0v) is 36.2. The van der Waals surface area contributed by atoms with E-state index < -0.39 is 21.4 Å². The topological polar surface area (TPSA) is 68.5 Å². The van der Waals surface area contributed by atoms with Gasteiger partial charge < -0.3 is 13.7 Å². The fourth-order valence-electron chi connectivity index (χ4n) is 11.2. The molecule has 0 radical (unpaired) electrons. The highest BCUT2D eigenvalue weighted by Crippen LogP contribution is 2.57. The third kappa shape index (κ3) is 4.31. The Labute approximate surface area is 362 Å². The first-order valence-corrected chi connectivity index (χ1v) is 26.2. The third-order valence-electron chi connectivity index (χ3n) is 13.8. The Balaban J connectivity index is 1.15. The molecule has 0 saturated heterocycles. The van der Waals surface area contributed by atoms with E-state index in [0.29, 0.717) is 27.1 Å². The Kier molecular flexibility index (Phi) is 7.03. The molecule has 2 aromatic heterocycles. The predicted octanol–water partition coefficient (Wildman–Crippen LogP) is 9.65. The van der Waals surface area contributed by atoms with Crippen molar-refractivity contribution in [3.05, 3.63) is 200 Å². The summed E-state index contributed by atoms with van der Waals surface area (Å²) in [5.41, 5.74) is 8.72. The SMILES string of the molecule is O=P1(c2ccc3c(c2)nc2c4c(P5(=O)c6ccccc6-c6ccccc65)cccc4c4cccc(P5(=O)c6ccccc6-c6ccccc65)c4n32)c2ccccc2-c2ccccc21. The number of para-hydroxylation sites is 1. The molecular weight excluding hydrogens is 830 g/mol. The lowest BCUT2D eigenvalue weighted by Gasteiger charge is -2.22. The number of aromatic nitrogens is 2. The maximum Gasteiger partial charge on any atom is 0.174 e. The summed E-state index contributed by atoms with van der Waals surface area (Å²) in [5, 5.41) is 9.55. The minimum absolute atomic E-state index is 0.614. The van der Waals surface area contributed by atoms with Crippen molar-refractivity contribution in [3.63, 3.8) is 0 Å². The largest absolute Gasteiger partial charge is 0.309 e. The van der Waals surface area contributed by atoms with Crippen LogP contribution >= 0.6 is 21.4 Å². The minimum atomic E-state index is -3.48. The Bertz CT molecular complexity index is 3910. The van der Waals surface area contributed by atoms with Gasteiger partial charge in [-0.25, -0.2) is 4.98 Å². The average Bonchev–Trinajstić information content (AvgIpc) is 4.03. The smallest absolute Gasteiger partial charge is 0.174 e. The molecule has 0 saturated carbocycles. The van der Waals surface area contributed by atoms with E-state index in [-0.39, 0.29) is 0 Å². The Morgan fingerprint density at radius 3 is 1.21 bits per heavy atom. The standard InChI is InChI=1S/C55H33N2O3P3/c58-61(45-23-7-1-15-35(45)36-16-2-8-24-46(36)61)34-31-32-44-43(33-34)56-55-53-41(21-13-29-51(53)62(59)47-25-9-3-17-37(47)38-18-4-10-26-48(38)62)42-22-14-30-52(54(42)57(44)55)63(60)49-27-11-5-19-39(49)40-20-6-12-28-50(40)63/h1-33H. The quantitative estimate of drug-likeness (QED) is 0.131. The van der Waals surface area contributed by atoms with Crippen molar-refractivity contribution in [2.75, 3.05) is 0 Å². The zero-order valence-electron chi connectivity index (χ0n) is 33.5. The highest BCUT2D eigenvalue weighted by Gasteiger charge is 2.45. The number of hydrogen-bond acceptors (Lipinski definition) is 4. The van der Waals surface area contributed by atoms with Crippen LogP contribution in [0.3, 0.4) is 0 Å². The van der Waals surface area contributed by atoms with Crippen LogP contribution in [0.2, 0.25) is 0 Å². The van der Waals surface area contributed by atoms with Gasteiger partial charge in [-0.2, -0.15) is 0 Å². The number of rotatable bonds is 3. The fraction of sp³-hybridized carbons (Fsp3) is 0. The third-order valence-corrected chi connectivity index (χ3v) is 23.3. The molecule has 0 aliphatic carbocycles. The van der Waals surface area contributed by atoms with E-state index in [2.05, 4.69) is 52.9 Å². The zero-order chi connectivity index (χ0) is 41.8. The number of pyridine rings is 1. The summed E-state index contributed by atoms with van der Waals surface area (Å²) in [6.07, 6.45) is 0. The summed E-state index contributed by atoms with van der Waals surface area (Å²) in [7, 11) is -10.3. The van der Waals surface area contributed by atoms with Gasteiger partial charge in [0.15, 0.2) is 21.4 Å². The second-order valence-corrected chi connectivity index (χ2v) is 24.8. The van der Waals surface area contributed by atoms with E-state index in [0.717, 1.165) is 92.4 Å². The van der Waals surface area contributed by atoms with Crippen molar-refractivity contribution in [2.24, 2.45) is 0 Å². The summed E-state index contributed by atoms with van der Waals surface area (Å²) in [4.78, 5) is 5.55. The van der Waals surface area contributed by atoms with Crippen molar-refractivity contribution in [2.45, 2.75) is 0 Å². The molecule has 3 aliphatic heterocycles. The van der Waals surface area contributed by atoms with Gasteiger partial charge in [0.25, 0.3) is 0 Å². The molecule has 63 heavy (non-hydrogen) atoms. The summed E-state index contributed by atoms with van der Waals surface area (Å²) >= 11 is 0. The van der Waals surface area contributed by atoms with Crippen LogP contribution < -0.4 is 47.7 Å². The summed E-state index contributed by atoms with van der Waals surface area (Å²) in [6.45, 7) is 0. The van der Waals surface area contributed by atoms with Gasteiger partial charge in [0, 0.05) is 58.5 Å². The molecule has 14 rings (SSSR count). The predicted molar refractivity (Wildman–Crippen MR) is 263 cm³/mol. The van der Waals surface area contributed by atoms with E-state index in [1.807, 2.05) is 152 Å². The molecule has 0 amide bonds. The van der Waals surface area contributed by atoms with Crippen LogP contribution in [0, 0.1) is 0 Å². The first kappa shape index (κ1) is 35.7. The second kappa shape index (κ2) is 12.4. The van der Waals surface area contributed by atoms with Crippen molar-refractivity contribution in [1.29, 1.82) is 0 Å². The molecule has 0 spiro atoms. The molecule has 11 aromatic rings. The van der Waals surface area contributed by atoms with E-state index >= 15 is 13.7 Å². The lowest BCUT2D eigenvalue weighted by atomic mass is 10.1. The van der Waals surface area contributed by atoms with Crippen LogP contribution in [0.5, 0.6) is 0 Å². The molecule has 0 atom stereocenters. The molecule has 8 heteroatoms. The monoisotopic (exact) mass is 862 g/mol. The number of imidazole rings is 1. The van der Waals surface area contributed by atoms with Gasteiger partial charge >= 0.3 is 0 Å². The molecule has 5 nitrogen and oxygen atoms in total. The molecular formula is C55H33N2O3P3. The van der Waals surface area contributed by atoms with Gasteiger partial charge in [-0.05, 0) is 63.0 Å². The normalized spacial score (nSPS) is 15.6. The molecule has 9 aromatic carbocycles. The number of nitrogens with zero attached hydrogens (tertiary/aromatic N) is 2. The Morgan fingerprint density at radius 2 is 0.730 bits per heavy atom. The Morgan fingerprint density at radius 1 is 0.349 bits per heavy atom. The van der Waals surface area contributed by atoms with Crippen LogP contribution in [-0.2, 0) is 13.7 Å². The summed E-state index contributed by atoms with van der Waals surface area (Å²) in [5.74, 6) is 0. The van der Waals surface area contributed by atoms with Crippen molar-refractivity contribution in [3.8, 4) is 33.4 Å². The number of fused-ring (bicyclic) bond motifs is 17. The second-order valence-electron chi connectivity index (χ2n) is 16.7. The maximum absolute atomic E-state index is 16.5. The lowest BCUT2D eigenvalue weighted by molar-refractivity contribution is 0.592. The molecule has 296 valence electrons. The van der Waals surface area contributed by atoms with Gasteiger partial charge in [-0.15, -0.1) is 0 Å². The highest BCUT2D eigenvalue weighted by molar-refractivity contribution is 7.87. The van der Waals surface area contributed by atoms with Crippen LogP contribution in [0.15, 0.2) is 200 Å². The van der Waals surface area contributed by atoms with Crippen molar-refractivity contribution in [1.82, 2.24) is 9.38 Å². The molecule has 0 bridgehead atoms. The van der Waals surface area contributed by atoms with E-state index in [1.165, 1.54) is 0 Å². The summed E-state index contributed by atoms with van der Waals surface area (Å²) in [6, 6.07) is 66.5. The van der Waals surface area contributed by atoms with E-state index in [1.54, 1.807) is 0 Å². The van der Waals surface area contributed by atoms with Crippen molar-refractivity contribution < 1.29 is 13.7 Å². The van der Waals surface area contributed by atoms with Crippen LogP contribution in [0.1, 0.15) is 0 Å². The van der Waals surface area contributed by atoms with Crippen LogP contribution in [0.4, 0.5) is 0 Å². The first-order chi connectivity index (χ1) is 30.9. The maximum atomic E-state index is 16.5. The van der Waals surface area contributed by atoms with E-state index in [4.69, 9.17) is 4.98 Å². The van der Waals surface area contributed by atoms with Gasteiger partial charge in [-0.1, -0.05) is 176 Å². The van der Waals surface area contributed by atoms with Gasteiger partial charge in [0.05, 0.1) is 16.6 Å². The molecule has 5 heterocycles. The number of hydrogen-bond donors (Lipinski definition) is 0. The van der Waals surface area contributed by atoms with Crippen molar-refractivity contribution >= 4 is 108 Å². The molecule has 3 aliphatic rings. The molecule has 0 fully saturated rings. The Hall–Kier alpha value is -6.86. The minimum Gasteiger partial charge on any atom is -0.309 e. The average molecular weight is 863 g/mol. The van der Waals surface area contributed by atoms with Gasteiger partial charge in [0.1, 0.15) is 5.65 Å². The lowest BCUT2D eigenvalue weighted by Crippen LogP contribution is -2.24. The fourth-order valence-corrected chi connectivity index (χ4v) is 20.8. The van der Waals surface area contributed by atoms with Gasteiger partial charge in [-0.3, -0.25) is 4.40 Å². The summed E-state index contributed by atoms with van der Waals surface area (Å²) < 4.78 is 51.0. The highest BCUT2D eigenvalue weighted by atomic mass is 31.2. The first-order valence-electron chi connectivity index (χ1n) is 21.1. The van der Waals surface area contributed by atoms with Gasteiger partial charge in [0.2, 0.25) is 0 Å². The molecule has 0 N–H and O–H groups in total. The number of benzene rings is 9. The molecule has 0 unspecified atom stereocenters. The van der Waals surface area contributed by atoms with Crippen LogP contribution in [-0.4, -0.2) is 9.38 Å².